The molecule has 1 fully saturated rings. The molecule has 0 unspecified atom stereocenters. The second-order valence-electron chi connectivity index (χ2n) is 4.19. The second kappa shape index (κ2) is 4.35. The van der Waals surface area contributed by atoms with Crippen LogP contribution in [0.1, 0.15) is 27.7 Å². The quantitative estimate of drug-likeness (QED) is 0.208. The fraction of sp³-hybridized carbons (Fsp3) is 0.857. The molecule has 0 aromatic carbocycles. The summed E-state index contributed by atoms with van der Waals surface area (Å²) in [5.74, 6) is 0. The SMILES string of the molecule is CC1(C)OB(C2=I[I-]N[I-]2)OC1(C)C. The van der Waals surface area contributed by atoms with Crippen LogP contribution in [0.25, 0.3) is 0 Å². The van der Waals surface area contributed by atoms with E-state index in [0.29, 0.717) is 34.3 Å². The van der Waals surface area contributed by atoms with Crippen molar-refractivity contribution in [2.75, 3.05) is 0 Å². The first-order valence-corrected chi connectivity index (χ1v) is 14.9. The molecule has 2 aliphatic heterocycles. The van der Waals surface area contributed by atoms with E-state index in [1.54, 1.807) is 1.41 Å². The standard InChI is InChI=1S/C7H13BI3NO2/c1-6(2)7(3,4)14-8(13-6)5-9-11-12-10-5/h12H,1-4H3/q-2. The predicted octanol–water partition coefficient (Wildman–Crippen LogP) is -4.76. The van der Waals surface area contributed by atoms with Gasteiger partial charge >= 0.3 is 114 Å². The van der Waals surface area contributed by atoms with Crippen molar-refractivity contribution in [1.29, 1.82) is 0 Å². The Kier molecular flexibility index (Phi) is 3.87. The molecule has 2 heterocycles. The maximum absolute atomic E-state index is 6.02. The Labute approximate surface area is 113 Å². The zero-order valence-corrected chi connectivity index (χ0v) is 15.0. The third-order valence-corrected chi connectivity index (χ3v) is 26.8. The van der Waals surface area contributed by atoms with Crippen molar-refractivity contribution in [3.05, 3.63) is 0 Å². The van der Waals surface area contributed by atoms with Crippen molar-refractivity contribution in [1.82, 2.24) is 1.74 Å². The van der Waals surface area contributed by atoms with Crippen molar-refractivity contribution >= 4 is 25.3 Å². The molecule has 0 aromatic heterocycles. The Bertz CT molecular complexity index is 266. The van der Waals surface area contributed by atoms with E-state index in [1.807, 2.05) is 0 Å². The number of nitrogens with one attached hydrogen (secondary N) is 1. The summed E-state index contributed by atoms with van der Waals surface area (Å²) in [6, 6.07) is 0. The summed E-state index contributed by atoms with van der Waals surface area (Å²) >= 11 is 0.720. The van der Waals surface area contributed by atoms with E-state index in [4.69, 9.17) is 9.31 Å². The van der Waals surface area contributed by atoms with Crippen LogP contribution in [-0.4, -0.2) is 19.7 Å². The van der Waals surface area contributed by atoms with Crippen LogP contribution in [0.5, 0.6) is 0 Å². The molecule has 0 aliphatic carbocycles. The molecule has 0 spiro atoms. The van der Waals surface area contributed by atoms with Gasteiger partial charge in [-0.15, -0.1) is 0 Å². The Balaban J connectivity index is 2.13. The predicted molar refractivity (Wildman–Crippen MR) is 58.2 cm³/mol. The topological polar surface area (TPSA) is 30.5 Å². The molecule has 2 rings (SSSR count). The van der Waals surface area contributed by atoms with E-state index >= 15 is 0 Å². The zero-order valence-electron chi connectivity index (χ0n) is 8.53. The molecule has 1 saturated heterocycles. The third kappa shape index (κ3) is 2.31. The molecule has 84 valence electrons. The van der Waals surface area contributed by atoms with Crippen molar-refractivity contribution in [2.24, 2.45) is 0 Å². The van der Waals surface area contributed by atoms with E-state index in [-0.39, 0.29) is 39.8 Å². The molecule has 7 heteroatoms. The van der Waals surface area contributed by atoms with Crippen LogP contribution < -0.4 is 40.7 Å². The van der Waals surface area contributed by atoms with Gasteiger partial charge in [0.25, 0.3) is 0 Å². The Morgan fingerprint density at radius 1 is 1.21 bits per heavy atom. The van der Waals surface area contributed by atoms with E-state index in [2.05, 4.69) is 29.4 Å². The Morgan fingerprint density at radius 2 is 1.79 bits per heavy atom. The van der Waals surface area contributed by atoms with E-state index in [1.165, 1.54) is 0 Å². The molecule has 0 amide bonds. The van der Waals surface area contributed by atoms with Crippen LogP contribution in [0.3, 0.4) is 0 Å². The van der Waals surface area contributed by atoms with Crippen LogP contribution in [-0.2, 0) is 9.31 Å². The summed E-state index contributed by atoms with van der Waals surface area (Å²) in [5.41, 5.74) is -0.307. The number of halogens is 3. The molecule has 14 heavy (non-hydrogen) atoms. The van der Waals surface area contributed by atoms with Gasteiger partial charge in [-0.2, -0.15) is 0 Å². The number of hydrogen-bond donors (Lipinski definition) is 1. The van der Waals surface area contributed by atoms with E-state index in [0.717, 1.165) is 0 Å². The Hall–Kier alpha value is 2.00. The fourth-order valence-electron chi connectivity index (χ4n) is 1.12. The van der Waals surface area contributed by atoms with Gasteiger partial charge in [0, 0.05) is 0 Å². The van der Waals surface area contributed by atoms with Gasteiger partial charge < -0.3 is 0 Å². The number of hydrogen-bond acceptors (Lipinski definition) is 3. The van der Waals surface area contributed by atoms with Gasteiger partial charge in [-0.1, -0.05) is 0 Å². The summed E-state index contributed by atoms with van der Waals surface area (Å²) in [4.78, 5) is 0. The molecule has 1 N–H and O–H groups in total. The molecule has 0 atom stereocenters. The van der Waals surface area contributed by atoms with Crippen molar-refractivity contribution in [2.45, 2.75) is 38.9 Å². The molecular formula is C7H13BI3NO2-2. The van der Waals surface area contributed by atoms with Crippen LogP contribution in [0, 0.1) is 0 Å². The molecule has 0 radical (unpaired) electrons. The summed E-state index contributed by atoms with van der Waals surface area (Å²) in [7, 11) is 0.0234. The summed E-state index contributed by atoms with van der Waals surface area (Å²) in [6.45, 7) is 8.51. The van der Waals surface area contributed by atoms with Crippen LogP contribution in [0.2, 0.25) is 0 Å². The second-order valence-corrected chi connectivity index (χ2v) is 18.5. The molecule has 0 aromatic rings. The number of rotatable bonds is 1. The fourth-order valence-corrected chi connectivity index (χ4v) is 25.5. The minimum atomic E-state index is -0.154. The summed E-state index contributed by atoms with van der Waals surface area (Å²) in [6.07, 6.45) is 0. The maximum atomic E-state index is 6.02. The van der Waals surface area contributed by atoms with Crippen LogP contribution in [0.4, 0.5) is 0 Å². The first-order valence-electron chi connectivity index (χ1n) is 4.32. The van der Waals surface area contributed by atoms with Crippen LogP contribution in [0.15, 0.2) is 0 Å². The van der Waals surface area contributed by atoms with Gasteiger partial charge in [-0.05, 0) is 0 Å². The first kappa shape index (κ1) is 12.5. The molecule has 0 saturated carbocycles. The van der Waals surface area contributed by atoms with Crippen LogP contribution >= 0.6 is 16.8 Å². The van der Waals surface area contributed by atoms with Crippen molar-refractivity contribution in [3.8, 4) is 0 Å². The Morgan fingerprint density at radius 3 is 2.21 bits per heavy atom. The molecular weight excluding hydrogens is 522 g/mol. The van der Waals surface area contributed by atoms with Gasteiger partial charge in [0.15, 0.2) is 0 Å². The average Bonchev–Trinajstić information content (AvgIpc) is 2.58. The van der Waals surface area contributed by atoms with Gasteiger partial charge in [0.2, 0.25) is 0 Å². The van der Waals surface area contributed by atoms with Gasteiger partial charge in [0.05, 0.1) is 0 Å². The van der Waals surface area contributed by atoms with Crippen molar-refractivity contribution in [3.63, 3.8) is 0 Å². The monoisotopic (exact) mass is 535 g/mol. The van der Waals surface area contributed by atoms with Gasteiger partial charge in [-0.25, -0.2) is 0 Å². The van der Waals surface area contributed by atoms with Gasteiger partial charge in [0.1, 0.15) is 0 Å². The van der Waals surface area contributed by atoms with Crippen molar-refractivity contribution < 1.29 is 48.3 Å². The first-order chi connectivity index (χ1) is 6.42. The van der Waals surface area contributed by atoms with E-state index in [9.17, 15) is 0 Å². The van der Waals surface area contributed by atoms with E-state index < -0.39 is 0 Å². The molecule has 0 bridgehead atoms. The average molecular weight is 535 g/mol. The third-order valence-electron chi connectivity index (χ3n) is 2.69. The normalized spacial score (nSPS) is 31.1. The zero-order chi connectivity index (χ0) is 10.4. The summed E-state index contributed by atoms with van der Waals surface area (Å²) in [5, 5.41) is 0. The summed E-state index contributed by atoms with van der Waals surface area (Å²) < 4.78 is 17.2. The minimum absolute atomic E-state index is 0.0234. The van der Waals surface area contributed by atoms with Gasteiger partial charge in [-0.3, -0.25) is 0 Å². The molecule has 2 aliphatic rings. The molecule has 3 nitrogen and oxygen atoms in total.